The molecular weight excluding hydrogens is 390 g/mol. The Kier molecular flexibility index (Phi) is 4.66. The number of rotatable bonds is 5. The predicted octanol–water partition coefficient (Wildman–Crippen LogP) is 3.77. The molecule has 4 aromatic rings. The molecule has 0 atom stereocenters. The number of carbonyl (C=O) groups is 1. The maximum atomic E-state index is 13.1. The van der Waals surface area contributed by atoms with Crippen LogP contribution in [-0.2, 0) is 13.6 Å². The van der Waals surface area contributed by atoms with Crippen LogP contribution in [0.4, 0.5) is 5.69 Å². The Morgan fingerprint density at radius 1 is 1.16 bits per heavy atom. The fourth-order valence-electron chi connectivity index (χ4n) is 3.94. The summed E-state index contributed by atoms with van der Waals surface area (Å²) in [5.74, 6) is 0.795. The summed E-state index contributed by atoms with van der Waals surface area (Å²) in [6.07, 6.45) is 9.34. The van der Waals surface area contributed by atoms with E-state index in [2.05, 4.69) is 15.3 Å². The van der Waals surface area contributed by atoms with Crippen molar-refractivity contribution >= 4 is 22.5 Å². The van der Waals surface area contributed by atoms with Crippen LogP contribution in [0.1, 0.15) is 29.0 Å². The zero-order chi connectivity index (χ0) is 21.5. The Labute approximate surface area is 179 Å². The van der Waals surface area contributed by atoms with E-state index in [1.165, 1.54) is 12.8 Å². The topological polar surface area (TPSA) is 81.8 Å². The maximum absolute atomic E-state index is 13.1. The van der Waals surface area contributed by atoms with Gasteiger partial charge in [-0.15, -0.1) is 0 Å². The molecule has 1 fully saturated rings. The first-order valence-corrected chi connectivity index (χ1v) is 10.4. The minimum Gasteiger partial charge on any atom is -0.327 e. The van der Waals surface area contributed by atoms with E-state index in [9.17, 15) is 9.59 Å². The monoisotopic (exact) mass is 413 g/mol. The quantitative estimate of drug-likeness (QED) is 0.540. The molecule has 0 radical (unpaired) electrons. The van der Waals surface area contributed by atoms with Crippen LogP contribution >= 0.6 is 0 Å². The number of anilines is 1. The Morgan fingerprint density at radius 2 is 2.00 bits per heavy atom. The molecule has 0 aliphatic heterocycles. The van der Waals surface area contributed by atoms with Crippen molar-refractivity contribution in [3.05, 3.63) is 76.9 Å². The van der Waals surface area contributed by atoms with Gasteiger partial charge in [-0.05, 0) is 61.1 Å². The van der Waals surface area contributed by atoms with E-state index in [1.807, 2.05) is 48.0 Å². The van der Waals surface area contributed by atoms with Gasteiger partial charge in [-0.2, -0.15) is 0 Å². The van der Waals surface area contributed by atoms with Gasteiger partial charge in [0.2, 0.25) is 0 Å². The molecule has 3 heterocycles. The van der Waals surface area contributed by atoms with Crippen molar-refractivity contribution in [3.63, 3.8) is 0 Å². The molecule has 0 saturated heterocycles. The molecule has 7 heteroatoms. The SMILES string of the molecule is Cc1ccc(NC(=O)c2nccn2CC2CC2)cc1-c1cc2cnccc2n(C)c1=O. The van der Waals surface area contributed by atoms with E-state index < -0.39 is 0 Å². The van der Waals surface area contributed by atoms with E-state index in [-0.39, 0.29) is 11.5 Å². The highest BCUT2D eigenvalue weighted by Crippen LogP contribution is 2.31. The number of hydrogen-bond acceptors (Lipinski definition) is 4. The number of amides is 1. The lowest BCUT2D eigenvalue weighted by atomic mass is 9.99. The van der Waals surface area contributed by atoms with E-state index >= 15 is 0 Å². The lowest BCUT2D eigenvalue weighted by Gasteiger charge is -2.13. The number of nitrogens with zero attached hydrogens (tertiary/aromatic N) is 4. The van der Waals surface area contributed by atoms with Crippen LogP contribution in [0.25, 0.3) is 22.0 Å². The number of carbonyl (C=O) groups excluding carboxylic acids is 1. The third-order valence-corrected chi connectivity index (χ3v) is 5.88. The van der Waals surface area contributed by atoms with Gasteiger partial charge < -0.3 is 14.5 Å². The van der Waals surface area contributed by atoms with Gasteiger partial charge in [0.1, 0.15) is 0 Å². The van der Waals surface area contributed by atoms with Crippen molar-refractivity contribution in [2.45, 2.75) is 26.3 Å². The minimum absolute atomic E-state index is 0.0924. The number of benzene rings is 1. The molecule has 31 heavy (non-hydrogen) atoms. The van der Waals surface area contributed by atoms with Crippen LogP contribution in [0.2, 0.25) is 0 Å². The van der Waals surface area contributed by atoms with Crippen LogP contribution in [-0.4, -0.2) is 25.0 Å². The van der Waals surface area contributed by atoms with Crippen LogP contribution < -0.4 is 10.9 Å². The molecule has 156 valence electrons. The molecule has 1 N–H and O–H groups in total. The van der Waals surface area contributed by atoms with Crippen molar-refractivity contribution in [2.75, 3.05) is 5.32 Å². The largest absolute Gasteiger partial charge is 0.327 e. The third kappa shape index (κ3) is 3.63. The lowest BCUT2D eigenvalue weighted by molar-refractivity contribution is 0.101. The highest BCUT2D eigenvalue weighted by Gasteiger charge is 2.24. The van der Waals surface area contributed by atoms with E-state index in [4.69, 9.17) is 0 Å². The lowest BCUT2D eigenvalue weighted by Crippen LogP contribution is -2.20. The van der Waals surface area contributed by atoms with E-state index in [0.29, 0.717) is 23.0 Å². The van der Waals surface area contributed by atoms with Crippen LogP contribution in [0.5, 0.6) is 0 Å². The smallest absolute Gasteiger partial charge is 0.291 e. The first-order chi connectivity index (χ1) is 15.0. The maximum Gasteiger partial charge on any atom is 0.291 e. The summed E-state index contributed by atoms with van der Waals surface area (Å²) < 4.78 is 3.54. The van der Waals surface area contributed by atoms with Crippen molar-refractivity contribution in [3.8, 4) is 11.1 Å². The average molecular weight is 413 g/mol. The second kappa shape index (κ2) is 7.50. The van der Waals surface area contributed by atoms with Crippen molar-refractivity contribution in [2.24, 2.45) is 13.0 Å². The van der Waals surface area contributed by atoms with Gasteiger partial charge in [0.05, 0.1) is 5.52 Å². The summed E-state index contributed by atoms with van der Waals surface area (Å²) >= 11 is 0. The van der Waals surface area contributed by atoms with E-state index in [1.54, 1.807) is 30.2 Å². The number of pyridine rings is 2. The second-order valence-corrected chi connectivity index (χ2v) is 8.19. The molecule has 0 spiro atoms. The number of nitrogens with one attached hydrogen (secondary N) is 1. The summed E-state index contributed by atoms with van der Waals surface area (Å²) in [5.41, 5.74) is 3.67. The molecule has 1 amide bonds. The van der Waals surface area contributed by atoms with Crippen LogP contribution in [0.15, 0.2) is 59.9 Å². The first kappa shape index (κ1) is 19.2. The normalized spacial score (nSPS) is 13.5. The standard InChI is InChI=1S/C24H23N5O2/c1-15-3-6-18(27-23(30)22-26-9-10-29(22)14-16-4-5-16)12-19(15)20-11-17-13-25-8-7-21(17)28(2)24(20)31/h3,6-13,16H,4-5,14H2,1-2H3,(H,27,30). The Morgan fingerprint density at radius 3 is 2.81 bits per heavy atom. The molecule has 3 aromatic heterocycles. The van der Waals surface area contributed by atoms with Gasteiger partial charge in [0, 0.05) is 55.0 Å². The molecule has 1 aromatic carbocycles. The van der Waals surface area contributed by atoms with Crippen molar-refractivity contribution < 1.29 is 4.79 Å². The number of fused-ring (bicyclic) bond motifs is 1. The third-order valence-electron chi connectivity index (χ3n) is 5.88. The van der Waals surface area contributed by atoms with Crippen LogP contribution in [0.3, 0.4) is 0 Å². The summed E-state index contributed by atoms with van der Waals surface area (Å²) in [7, 11) is 1.76. The molecule has 1 aliphatic rings. The zero-order valence-corrected chi connectivity index (χ0v) is 17.5. The Bertz CT molecular complexity index is 1360. The number of imidazole rings is 1. The fourth-order valence-corrected chi connectivity index (χ4v) is 3.94. The number of aryl methyl sites for hydroxylation is 2. The molecule has 0 bridgehead atoms. The number of hydrogen-bond donors (Lipinski definition) is 1. The van der Waals surface area contributed by atoms with Crippen LogP contribution in [0, 0.1) is 12.8 Å². The Balaban J connectivity index is 1.50. The average Bonchev–Trinajstić information content (AvgIpc) is 3.46. The summed E-state index contributed by atoms with van der Waals surface area (Å²) in [5, 5.41) is 3.83. The first-order valence-electron chi connectivity index (χ1n) is 10.4. The van der Waals surface area contributed by atoms with Gasteiger partial charge in [0.25, 0.3) is 11.5 Å². The van der Waals surface area contributed by atoms with Gasteiger partial charge in [0.15, 0.2) is 5.82 Å². The van der Waals surface area contributed by atoms with Gasteiger partial charge in [-0.1, -0.05) is 6.07 Å². The highest BCUT2D eigenvalue weighted by molar-refractivity contribution is 6.02. The van der Waals surface area contributed by atoms with Crippen molar-refractivity contribution in [1.82, 2.24) is 19.1 Å². The van der Waals surface area contributed by atoms with Gasteiger partial charge in [-0.3, -0.25) is 14.6 Å². The molecular formula is C24H23N5O2. The predicted molar refractivity (Wildman–Crippen MR) is 120 cm³/mol. The minimum atomic E-state index is -0.254. The van der Waals surface area contributed by atoms with Gasteiger partial charge >= 0.3 is 0 Å². The summed E-state index contributed by atoms with van der Waals surface area (Å²) in [6, 6.07) is 9.29. The second-order valence-electron chi connectivity index (χ2n) is 8.19. The fraction of sp³-hybridized carbons (Fsp3) is 0.250. The molecule has 1 saturated carbocycles. The van der Waals surface area contributed by atoms with Crippen molar-refractivity contribution in [1.29, 1.82) is 0 Å². The molecule has 1 aliphatic carbocycles. The van der Waals surface area contributed by atoms with Gasteiger partial charge in [-0.25, -0.2) is 4.98 Å². The number of aromatic nitrogens is 4. The zero-order valence-electron chi connectivity index (χ0n) is 17.5. The Hall–Kier alpha value is -3.74. The highest BCUT2D eigenvalue weighted by atomic mass is 16.2. The van der Waals surface area contributed by atoms with E-state index in [0.717, 1.165) is 28.6 Å². The summed E-state index contributed by atoms with van der Waals surface area (Å²) in [4.78, 5) is 34.3. The molecule has 7 nitrogen and oxygen atoms in total. The molecule has 5 rings (SSSR count). The summed E-state index contributed by atoms with van der Waals surface area (Å²) in [6.45, 7) is 2.78. The molecule has 0 unspecified atom stereocenters.